The molecule has 3 heterocycles. The van der Waals surface area contributed by atoms with Crippen LogP contribution in [0.15, 0.2) is 54.6 Å². The van der Waals surface area contributed by atoms with Gasteiger partial charge in [0.15, 0.2) is 5.78 Å². The predicted octanol–water partition coefficient (Wildman–Crippen LogP) is 3.13. The molecule has 0 saturated carbocycles. The highest BCUT2D eigenvalue weighted by atomic mass is 16.2. The largest absolute Gasteiger partial charge is 0.372 e. The number of nitrogens with zero attached hydrogens (tertiary/aromatic N) is 3. The van der Waals surface area contributed by atoms with Gasteiger partial charge in [-0.05, 0) is 68.0 Å². The number of hydrogen-bond donors (Lipinski definition) is 1. The van der Waals surface area contributed by atoms with Crippen LogP contribution in [0, 0.1) is 5.92 Å². The van der Waals surface area contributed by atoms with E-state index in [1.807, 2.05) is 32.0 Å². The zero-order chi connectivity index (χ0) is 26.8. The smallest absolute Gasteiger partial charge is 0.254 e. The molecule has 8 heteroatoms. The Bertz CT molecular complexity index is 1190. The number of benzene rings is 2. The van der Waals surface area contributed by atoms with Gasteiger partial charge in [-0.25, -0.2) is 0 Å². The first-order chi connectivity index (χ1) is 18.3. The Balaban J connectivity index is 1.29. The number of carbonyl (C=O) groups excluding carboxylic acids is 4. The molecule has 1 N–H and O–H groups in total. The number of carbonyl (C=O) groups is 4. The number of rotatable bonds is 7. The van der Waals surface area contributed by atoms with E-state index in [2.05, 4.69) is 10.2 Å². The SMILES string of the molecule is CC(C)C[C@H](NC(=O)c1ccc(N2CCCC2)cc1)C(=O)N1CCC2C1C(=O)CN2C(=O)c1ccccc1. The van der Waals surface area contributed by atoms with Crippen molar-refractivity contribution in [2.45, 2.75) is 57.7 Å². The summed E-state index contributed by atoms with van der Waals surface area (Å²) in [6, 6.07) is 14.7. The van der Waals surface area contributed by atoms with Crippen LogP contribution in [-0.4, -0.2) is 77.6 Å². The molecule has 0 aromatic heterocycles. The average molecular weight is 517 g/mol. The van der Waals surface area contributed by atoms with E-state index in [1.54, 1.807) is 46.2 Å². The lowest BCUT2D eigenvalue weighted by Crippen LogP contribution is -2.53. The molecule has 200 valence electrons. The molecule has 3 aliphatic heterocycles. The van der Waals surface area contributed by atoms with Gasteiger partial charge in [0.2, 0.25) is 5.91 Å². The van der Waals surface area contributed by atoms with E-state index in [0.29, 0.717) is 30.5 Å². The lowest BCUT2D eigenvalue weighted by atomic mass is 10.0. The molecule has 0 spiro atoms. The Labute approximate surface area is 224 Å². The van der Waals surface area contributed by atoms with E-state index >= 15 is 0 Å². The highest BCUT2D eigenvalue weighted by Crippen LogP contribution is 2.32. The van der Waals surface area contributed by atoms with Crippen LogP contribution in [0.2, 0.25) is 0 Å². The third-order valence-electron chi connectivity index (χ3n) is 7.90. The fraction of sp³-hybridized carbons (Fsp3) is 0.467. The lowest BCUT2D eigenvalue weighted by Gasteiger charge is -2.29. The highest BCUT2D eigenvalue weighted by Gasteiger charge is 2.52. The van der Waals surface area contributed by atoms with Crippen LogP contribution < -0.4 is 10.2 Å². The van der Waals surface area contributed by atoms with Crippen LogP contribution in [0.5, 0.6) is 0 Å². The van der Waals surface area contributed by atoms with Crippen LogP contribution in [-0.2, 0) is 9.59 Å². The molecule has 2 aromatic rings. The molecule has 2 unspecified atom stereocenters. The number of fused-ring (bicyclic) bond motifs is 1. The first-order valence-corrected chi connectivity index (χ1v) is 13.7. The van der Waals surface area contributed by atoms with Crippen LogP contribution in [0.4, 0.5) is 5.69 Å². The molecule has 8 nitrogen and oxygen atoms in total. The number of anilines is 1. The van der Waals surface area contributed by atoms with E-state index in [4.69, 9.17) is 0 Å². The van der Waals surface area contributed by atoms with Crippen molar-refractivity contribution in [3.8, 4) is 0 Å². The maximum atomic E-state index is 13.8. The minimum absolute atomic E-state index is 0.00257. The summed E-state index contributed by atoms with van der Waals surface area (Å²) in [5.74, 6) is -0.708. The quantitative estimate of drug-likeness (QED) is 0.611. The Kier molecular flexibility index (Phi) is 7.49. The molecule has 0 radical (unpaired) electrons. The van der Waals surface area contributed by atoms with Gasteiger partial charge in [0.1, 0.15) is 12.1 Å². The van der Waals surface area contributed by atoms with Gasteiger partial charge in [-0.15, -0.1) is 0 Å². The van der Waals surface area contributed by atoms with E-state index in [-0.39, 0.29) is 42.0 Å². The fourth-order valence-electron chi connectivity index (χ4n) is 6.02. The monoisotopic (exact) mass is 516 g/mol. The van der Waals surface area contributed by atoms with Crippen molar-refractivity contribution in [1.29, 1.82) is 0 Å². The Morgan fingerprint density at radius 3 is 2.24 bits per heavy atom. The van der Waals surface area contributed by atoms with Crippen molar-refractivity contribution in [2.75, 3.05) is 31.1 Å². The van der Waals surface area contributed by atoms with Crippen molar-refractivity contribution >= 4 is 29.2 Å². The Morgan fingerprint density at radius 2 is 1.58 bits per heavy atom. The number of likely N-dealkylation sites (tertiary alicyclic amines) is 2. The molecule has 3 atom stereocenters. The van der Waals surface area contributed by atoms with E-state index in [0.717, 1.165) is 18.8 Å². The van der Waals surface area contributed by atoms with Crippen LogP contribution in [0.25, 0.3) is 0 Å². The van der Waals surface area contributed by atoms with Gasteiger partial charge in [0.05, 0.1) is 12.6 Å². The normalized spacial score (nSPS) is 21.7. The van der Waals surface area contributed by atoms with Crippen molar-refractivity contribution < 1.29 is 19.2 Å². The summed E-state index contributed by atoms with van der Waals surface area (Å²) in [6.07, 6.45) is 3.37. The van der Waals surface area contributed by atoms with E-state index in [1.165, 1.54) is 12.8 Å². The summed E-state index contributed by atoms with van der Waals surface area (Å²) in [4.78, 5) is 58.6. The summed E-state index contributed by atoms with van der Waals surface area (Å²) in [5.41, 5.74) is 2.14. The number of amides is 3. The van der Waals surface area contributed by atoms with Crippen LogP contribution >= 0.6 is 0 Å². The number of nitrogens with one attached hydrogen (secondary N) is 1. The van der Waals surface area contributed by atoms with Crippen LogP contribution in [0.1, 0.15) is 60.2 Å². The minimum Gasteiger partial charge on any atom is -0.372 e. The van der Waals surface area contributed by atoms with E-state index in [9.17, 15) is 19.2 Å². The summed E-state index contributed by atoms with van der Waals surface area (Å²) in [5, 5.41) is 2.95. The predicted molar refractivity (Wildman–Crippen MR) is 145 cm³/mol. The van der Waals surface area contributed by atoms with Gasteiger partial charge in [-0.2, -0.15) is 0 Å². The summed E-state index contributed by atoms with van der Waals surface area (Å²) >= 11 is 0. The molecule has 0 bridgehead atoms. The zero-order valence-electron chi connectivity index (χ0n) is 22.1. The first-order valence-electron chi connectivity index (χ1n) is 13.7. The van der Waals surface area contributed by atoms with Gasteiger partial charge in [-0.3, -0.25) is 19.2 Å². The second kappa shape index (κ2) is 11.0. The first kappa shape index (κ1) is 25.9. The van der Waals surface area contributed by atoms with Gasteiger partial charge in [-0.1, -0.05) is 32.0 Å². The molecule has 2 aromatic carbocycles. The molecular formula is C30H36N4O4. The third kappa shape index (κ3) is 5.17. The molecule has 3 aliphatic rings. The maximum absolute atomic E-state index is 13.8. The summed E-state index contributed by atoms with van der Waals surface area (Å²) < 4.78 is 0. The van der Waals surface area contributed by atoms with Crippen molar-refractivity contribution in [2.24, 2.45) is 5.92 Å². The molecule has 3 saturated heterocycles. The molecule has 38 heavy (non-hydrogen) atoms. The summed E-state index contributed by atoms with van der Waals surface area (Å²) in [6.45, 7) is 6.45. The molecule has 0 aliphatic carbocycles. The average Bonchev–Trinajstić information content (AvgIpc) is 3.67. The lowest BCUT2D eigenvalue weighted by molar-refractivity contribution is -0.138. The van der Waals surface area contributed by atoms with E-state index < -0.39 is 12.1 Å². The molecule has 5 rings (SSSR count). The maximum Gasteiger partial charge on any atom is 0.254 e. The standard InChI is InChI=1S/C30H36N4O4/c1-20(2)18-24(31-28(36)21-10-12-23(13-11-21)32-15-6-7-16-32)30(38)33-17-14-25-27(33)26(35)19-34(25)29(37)22-8-4-3-5-9-22/h3-5,8-13,20,24-25,27H,6-7,14-19H2,1-2H3,(H,31,36)/t24-,25?,27?/m0/s1. The fourth-order valence-corrected chi connectivity index (χ4v) is 6.02. The second-order valence-electron chi connectivity index (χ2n) is 11.0. The highest BCUT2D eigenvalue weighted by molar-refractivity contribution is 6.03. The molecule has 3 fully saturated rings. The van der Waals surface area contributed by atoms with Gasteiger partial charge >= 0.3 is 0 Å². The topological polar surface area (TPSA) is 90.0 Å². The minimum atomic E-state index is -0.744. The number of ketones is 1. The number of hydrogen-bond acceptors (Lipinski definition) is 5. The number of Topliss-reactive ketones (excluding diaryl/α,β-unsaturated/α-hetero) is 1. The van der Waals surface area contributed by atoms with Crippen molar-refractivity contribution in [1.82, 2.24) is 15.1 Å². The van der Waals surface area contributed by atoms with Crippen LogP contribution in [0.3, 0.4) is 0 Å². The Morgan fingerprint density at radius 1 is 0.895 bits per heavy atom. The van der Waals surface area contributed by atoms with Gasteiger partial charge in [0, 0.05) is 36.4 Å². The summed E-state index contributed by atoms with van der Waals surface area (Å²) in [7, 11) is 0. The molecule has 3 amide bonds. The van der Waals surface area contributed by atoms with Crippen molar-refractivity contribution in [3.63, 3.8) is 0 Å². The zero-order valence-corrected chi connectivity index (χ0v) is 22.1. The Hall–Kier alpha value is -3.68. The van der Waals surface area contributed by atoms with Gasteiger partial charge in [0.25, 0.3) is 11.8 Å². The third-order valence-corrected chi connectivity index (χ3v) is 7.90. The van der Waals surface area contributed by atoms with Gasteiger partial charge < -0.3 is 20.0 Å². The van der Waals surface area contributed by atoms with Crippen molar-refractivity contribution in [3.05, 3.63) is 65.7 Å². The molecular weight excluding hydrogens is 480 g/mol. The second-order valence-corrected chi connectivity index (χ2v) is 11.0.